The topological polar surface area (TPSA) is 57.5 Å². The van der Waals surface area contributed by atoms with Crippen LogP contribution in [0.4, 0.5) is 13.2 Å². The van der Waals surface area contributed by atoms with Gasteiger partial charge < -0.3 is 10.2 Å². The standard InChI is InChI=1S/C12H19F3O3/c1-2-8-3-5-11(6-4-8,10(17)18)7-9(16)12(13,14)15/h8-9,16H,2-7H2,1H3,(H,17,18). The van der Waals surface area contributed by atoms with Crippen molar-refractivity contribution in [2.75, 3.05) is 0 Å². The number of halogens is 3. The van der Waals surface area contributed by atoms with Crippen LogP contribution in [0.3, 0.4) is 0 Å². The van der Waals surface area contributed by atoms with E-state index in [0.717, 1.165) is 6.42 Å². The normalized spacial score (nSPS) is 31.1. The highest BCUT2D eigenvalue weighted by molar-refractivity contribution is 5.74. The molecule has 0 heterocycles. The van der Waals surface area contributed by atoms with Crippen LogP contribution in [-0.2, 0) is 4.79 Å². The predicted molar refractivity (Wildman–Crippen MR) is 59.0 cm³/mol. The molecule has 1 unspecified atom stereocenters. The Bertz CT molecular complexity index is 293. The maximum Gasteiger partial charge on any atom is 0.414 e. The fraction of sp³-hybridized carbons (Fsp3) is 0.917. The molecule has 1 aliphatic carbocycles. The third-order valence-corrected chi connectivity index (χ3v) is 4.06. The number of hydrogen-bond acceptors (Lipinski definition) is 2. The van der Waals surface area contributed by atoms with E-state index in [0.29, 0.717) is 18.8 Å². The molecule has 106 valence electrons. The Morgan fingerprint density at radius 3 is 2.22 bits per heavy atom. The Morgan fingerprint density at radius 1 is 1.39 bits per heavy atom. The second kappa shape index (κ2) is 5.47. The molecule has 0 amide bonds. The molecule has 3 nitrogen and oxygen atoms in total. The van der Waals surface area contributed by atoms with Gasteiger partial charge in [0.05, 0.1) is 5.41 Å². The fourth-order valence-corrected chi connectivity index (χ4v) is 2.63. The quantitative estimate of drug-likeness (QED) is 0.824. The molecule has 0 radical (unpaired) electrons. The summed E-state index contributed by atoms with van der Waals surface area (Å²) >= 11 is 0. The van der Waals surface area contributed by atoms with Gasteiger partial charge in [0.1, 0.15) is 0 Å². The van der Waals surface area contributed by atoms with E-state index in [-0.39, 0.29) is 12.8 Å². The van der Waals surface area contributed by atoms with E-state index in [9.17, 15) is 23.1 Å². The van der Waals surface area contributed by atoms with Crippen molar-refractivity contribution in [1.29, 1.82) is 0 Å². The van der Waals surface area contributed by atoms with Crippen LogP contribution in [0.25, 0.3) is 0 Å². The van der Waals surface area contributed by atoms with Gasteiger partial charge in [-0.2, -0.15) is 13.2 Å². The molecule has 1 saturated carbocycles. The third-order valence-electron chi connectivity index (χ3n) is 4.06. The van der Waals surface area contributed by atoms with Crippen molar-refractivity contribution in [1.82, 2.24) is 0 Å². The molecule has 0 aliphatic heterocycles. The van der Waals surface area contributed by atoms with E-state index >= 15 is 0 Å². The van der Waals surface area contributed by atoms with Crippen molar-refractivity contribution in [3.63, 3.8) is 0 Å². The highest BCUT2D eigenvalue weighted by Gasteiger charge is 2.49. The minimum absolute atomic E-state index is 0.216. The van der Waals surface area contributed by atoms with E-state index in [1.807, 2.05) is 6.92 Å². The van der Waals surface area contributed by atoms with E-state index in [1.54, 1.807) is 0 Å². The van der Waals surface area contributed by atoms with Crippen LogP contribution in [0, 0.1) is 11.3 Å². The lowest BCUT2D eigenvalue weighted by Crippen LogP contribution is -2.42. The molecule has 0 aromatic carbocycles. The summed E-state index contributed by atoms with van der Waals surface area (Å²) in [6.07, 6.45) is -5.45. The monoisotopic (exact) mass is 268 g/mol. The van der Waals surface area contributed by atoms with Gasteiger partial charge in [0.15, 0.2) is 6.10 Å². The Balaban J connectivity index is 2.75. The van der Waals surface area contributed by atoms with Gasteiger partial charge in [0.25, 0.3) is 0 Å². The van der Waals surface area contributed by atoms with Crippen LogP contribution < -0.4 is 0 Å². The maximum absolute atomic E-state index is 12.3. The maximum atomic E-state index is 12.3. The number of carboxylic acids is 1. The molecule has 0 aromatic rings. The summed E-state index contributed by atoms with van der Waals surface area (Å²) in [5.41, 5.74) is -1.42. The van der Waals surface area contributed by atoms with Crippen LogP contribution in [0.15, 0.2) is 0 Å². The van der Waals surface area contributed by atoms with Crippen molar-refractivity contribution in [2.45, 2.75) is 57.7 Å². The van der Waals surface area contributed by atoms with Gasteiger partial charge in [0.2, 0.25) is 0 Å². The molecule has 1 rings (SSSR count). The number of alkyl halides is 3. The SMILES string of the molecule is CCC1CCC(CC(O)C(F)(F)F)(C(=O)O)CC1. The zero-order valence-corrected chi connectivity index (χ0v) is 10.3. The molecule has 0 bridgehead atoms. The van der Waals surface area contributed by atoms with Crippen molar-refractivity contribution < 1.29 is 28.2 Å². The Labute approximate surface area is 104 Å². The highest BCUT2D eigenvalue weighted by atomic mass is 19.4. The molecule has 6 heteroatoms. The summed E-state index contributed by atoms with van der Waals surface area (Å²) < 4.78 is 37.0. The lowest BCUT2D eigenvalue weighted by Gasteiger charge is -2.38. The second-order valence-corrected chi connectivity index (χ2v) is 5.20. The molecule has 1 atom stereocenters. The summed E-state index contributed by atoms with van der Waals surface area (Å²) in [4.78, 5) is 11.3. The van der Waals surface area contributed by atoms with Gasteiger partial charge in [-0.15, -0.1) is 0 Å². The van der Waals surface area contributed by atoms with Gasteiger partial charge >= 0.3 is 12.1 Å². The molecule has 1 fully saturated rings. The van der Waals surface area contributed by atoms with E-state index in [1.165, 1.54) is 0 Å². The summed E-state index contributed by atoms with van der Waals surface area (Å²) in [6, 6.07) is 0. The first-order chi connectivity index (χ1) is 8.21. The number of carbonyl (C=O) groups is 1. The molecule has 0 spiro atoms. The third kappa shape index (κ3) is 3.37. The van der Waals surface area contributed by atoms with Gasteiger partial charge in [-0.05, 0) is 38.0 Å². The summed E-state index contributed by atoms with van der Waals surface area (Å²) in [5.74, 6) is -0.833. The van der Waals surface area contributed by atoms with Gasteiger partial charge in [-0.3, -0.25) is 4.79 Å². The van der Waals surface area contributed by atoms with E-state index in [4.69, 9.17) is 5.11 Å². The predicted octanol–water partition coefficient (Wildman–Crippen LogP) is 2.97. The first-order valence-electron chi connectivity index (χ1n) is 6.19. The second-order valence-electron chi connectivity index (χ2n) is 5.20. The molecule has 2 N–H and O–H groups in total. The molecule has 0 saturated heterocycles. The summed E-state index contributed by atoms with van der Waals surface area (Å²) in [7, 11) is 0. The first-order valence-corrected chi connectivity index (χ1v) is 6.19. The van der Waals surface area contributed by atoms with E-state index < -0.39 is 30.1 Å². The average molecular weight is 268 g/mol. The number of aliphatic carboxylic acids is 1. The average Bonchev–Trinajstić information content (AvgIpc) is 2.28. The van der Waals surface area contributed by atoms with E-state index in [2.05, 4.69) is 0 Å². The van der Waals surface area contributed by atoms with Crippen molar-refractivity contribution in [3.8, 4) is 0 Å². The zero-order chi connectivity index (χ0) is 14.0. The van der Waals surface area contributed by atoms with Crippen LogP contribution in [0.1, 0.15) is 45.4 Å². The molecular weight excluding hydrogens is 249 g/mol. The Kier molecular flexibility index (Phi) is 4.64. The smallest absolute Gasteiger partial charge is 0.414 e. The highest BCUT2D eigenvalue weighted by Crippen LogP contribution is 2.45. The van der Waals surface area contributed by atoms with Crippen molar-refractivity contribution >= 4 is 5.97 Å². The number of carboxylic acid groups (broad SMARTS) is 1. The lowest BCUT2D eigenvalue weighted by atomic mass is 9.67. The van der Waals surface area contributed by atoms with Gasteiger partial charge in [-0.25, -0.2) is 0 Å². The summed E-state index contributed by atoms with van der Waals surface area (Å²) in [5, 5.41) is 18.3. The van der Waals surface area contributed by atoms with Gasteiger partial charge in [-0.1, -0.05) is 13.3 Å². The van der Waals surface area contributed by atoms with Crippen LogP contribution in [-0.4, -0.2) is 28.5 Å². The van der Waals surface area contributed by atoms with Gasteiger partial charge in [0, 0.05) is 0 Å². The lowest BCUT2D eigenvalue weighted by molar-refractivity contribution is -0.216. The van der Waals surface area contributed by atoms with Crippen LogP contribution in [0.5, 0.6) is 0 Å². The van der Waals surface area contributed by atoms with Crippen molar-refractivity contribution in [3.05, 3.63) is 0 Å². The number of rotatable bonds is 4. The molecule has 1 aliphatic rings. The molecule has 0 aromatic heterocycles. The first kappa shape index (κ1) is 15.3. The minimum atomic E-state index is -4.75. The largest absolute Gasteiger partial charge is 0.481 e. The Hall–Kier alpha value is -0.780. The minimum Gasteiger partial charge on any atom is -0.481 e. The van der Waals surface area contributed by atoms with Crippen LogP contribution in [0.2, 0.25) is 0 Å². The summed E-state index contributed by atoms with van der Waals surface area (Å²) in [6.45, 7) is 1.99. The molecule has 18 heavy (non-hydrogen) atoms. The number of aliphatic hydroxyl groups is 1. The fourth-order valence-electron chi connectivity index (χ4n) is 2.63. The van der Waals surface area contributed by atoms with Crippen LogP contribution >= 0.6 is 0 Å². The Morgan fingerprint density at radius 2 is 1.89 bits per heavy atom. The number of hydrogen-bond donors (Lipinski definition) is 2. The zero-order valence-electron chi connectivity index (χ0n) is 10.3. The molecular formula is C12H19F3O3. The number of aliphatic hydroxyl groups excluding tert-OH is 1. The van der Waals surface area contributed by atoms with Crippen molar-refractivity contribution in [2.24, 2.45) is 11.3 Å².